The molecule has 2 heterocycles. The van der Waals surface area contributed by atoms with Gasteiger partial charge in [0.15, 0.2) is 0 Å². The summed E-state index contributed by atoms with van der Waals surface area (Å²) in [4.78, 5) is 0. The van der Waals surface area contributed by atoms with Crippen LogP contribution in [0.4, 0.5) is 0 Å². The van der Waals surface area contributed by atoms with Crippen molar-refractivity contribution in [1.29, 1.82) is 0 Å². The van der Waals surface area contributed by atoms with Gasteiger partial charge in [-0.15, -0.1) is 0 Å². The Morgan fingerprint density at radius 1 is 1.24 bits per heavy atom. The molecule has 0 spiro atoms. The highest BCUT2D eigenvalue weighted by molar-refractivity contribution is 5.29. The SMILES string of the molecule is CCc1cc(Cn2nc(C)c(C(CC)NC)c2C)n(C)n1. The Morgan fingerprint density at radius 3 is 2.48 bits per heavy atom. The molecule has 0 saturated heterocycles. The summed E-state index contributed by atoms with van der Waals surface area (Å²) in [6, 6.07) is 2.54. The van der Waals surface area contributed by atoms with Gasteiger partial charge in [-0.1, -0.05) is 13.8 Å². The maximum Gasteiger partial charge on any atom is 0.0831 e. The molecule has 5 heteroatoms. The van der Waals surface area contributed by atoms with Crippen molar-refractivity contribution >= 4 is 0 Å². The second-order valence-corrected chi connectivity index (χ2v) is 5.60. The van der Waals surface area contributed by atoms with E-state index in [1.165, 1.54) is 17.0 Å². The van der Waals surface area contributed by atoms with Crippen molar-refractivity contribution < 1.29 is 0 Å². The molecule has 0 radical (unpaired) electrons. The monoisotopic (exact) mass is 289 g/mol. The number of aromatic nitrogens is 4. The van der Waals surface area contributed by atoms with Gasteiger partial charge in [0, 0.05) is 24.3 Å². The Morgan fingerprint density at radius 2 is 1.95 bits per heavy atom. The summed E-state index contributed by atoms with van der Waals surface area (Å²) < 4.78 is 4.06. The number of nitrogens with zero attached hydrogens (tertiary/aromatic N) is 4. The van der Waals surface area contributed by atoms with Crippen LogP contribution in [0, 0.1) is 13.8 Å². The van der Waals surface area contributed by atoms with Crippen LogP contribution in [0.5, 0.6) is 0 Å². The highest BCUT2D eigenvalue weighted by atomic mass is 15.3. The van der Waals surface area contributed by atoms with Gasteiger partial charge in [0.1, 0.15) is 0 Å². The molecule has 0 amide bonds. The van der Waals surface area contributed by atoms with Gasteiger partial charge in [0.25, 0.3) is 0 Å². The average molecular weight is 289 g/mol. The zero-order valence-corrected chi connectivity index (χ0v) is 14.1. The van der Waals surface area contributed by atoms with Crippen molar-refractivity contribution in [2.45, 2.75) is 53.1 Å². The summed E-state index contributed by atoms with van der Waals surface area (Å²) >= 11 is 0. The van der Waals surface area contributed by atoms with E-state index in [-0.39, 0.29) is 0 Å². The minimum atomic E-state index is 0.372. The van der Waals surface area contributed by atoms with E-state index in [0.717, 1.165) is 30.8 Å². The first-order valence-electron chi connectivity index (χ1n) is 7.74. The van der Waals surface area contributed by atoms with Crippen molar-refractivity contribution in [2.24, 2.45) is 7.05 Å². The van der Waals surface area contributed by atoms with Gasteiger partial charge in [-0.05, 0) is 39.8 Å². The summed E-state index contributed by atoms with van der Waals surface area (Å²) in [5.41, 5.74) is 6.02. The molecule has 2 aromatic heterocycles. The van der Waals surface area contributed by atoms with Crippen molar-refractivity contribution in [3.63, 3.8) is 0 Å². The predicted octanol–water partition coefficient (Wildman–Crippen LogP) is 2.51. The average Bonchev–Trinajstić information content (AvgIpc) is 2.95. The fraction of sp³-hybridized carbons (Fsp3) is 0.625. The smallest absolute Gasteiger partial charge is 0.0831 e. The summed E-state index contributed by atoms with van der Waals surface area (Å²) in [6.07, 6.45) is 2.03. The highest BCUT2D eigenvalue weighted by Crippen LogP contribution is 2.24. The lowest BCUT2D eigenvalue weighted by Gasteiger charge is -2.14. The zero-order chi connectivity index (χ0) is 15.6. The molecular weight excluding hydrogens is 262 g/mol. The predicted molar refractivity (Wildman–Crippen MR) is 85.5 cm³/mol. The third kappa shape index (κ3) is 3.02. The van der Waals surface area contributed by atoms with Gasteiger partial charge in [-0.2, -0.15) is 10.2 Å². The number of hydrogen-bond acceptors (Lipinski definition) is 3. The number of rotatable bonds is 6. The Labute approximate surface area is 127 Å². The Balaban J connectivity index is 2.33. The van der Waals surface area contributed by atoms with E-state index in [0.29, 0.717) is 6.04 Å². The van der Waals surface area contributed by atoms with Crippen molar-refractivity contribution in [3.8, 4) is 0 Å². The van der Waals surface area contributed by atoms with E-state index in [9.17, 15) is 0 Å². The van der Waals surface area contributed by atoms with Crippen LogP contribution in [0.2, 0.25) is 0 Å². The van der Waals surface area contributed by atoms with Crippen LogP contribution in [0.3, 0.4) is 0 Å². The summed E-state index contributed by atoms with van der Waals surface area (Å²) in [6.45, 7) is 9.36. The van der Waals surface area contributed by atoms with E-state index in [2.05, 4.69) is 48.9 Å². The van der Waals surface area contributed by atoms with E-state index in [1.54, 1.807) is 0 Å². The third-order valence-corrected chi connectivity index (χ3v) is 4.24. The lowest BCUT2D eigenvalue weighted by Crippen LogP contribution is -2.17. The molecule has 0 saturated carbocycles. The van der Waals surface area contributed by atoms with E-state index in [1.807, 2.05) is 18.8 Å². The van der Waals surface area contributed by atoms with Crippen molar-refractivity contribution in [2.75, 3.05) is 7.05 Å². The number of nitrogens with one attached hydrogen (secondary N) is 1. The molecule has 2 rings (SSSR count). The Bertz CT molecular complexity index is 604. The molecular formula is C16H27N5. The van der Waals surface area contributed by atoms with Gasteiger partial charge in [-0.25, -0.2) is 0 Å². The zero-order valence-electron chi connectivity index (χ0n) is 14.1. The highest BCUT2D eigenvalue weighted by Gasteiger charge is 2.19. The van der Waals surface area contributed by atoms with Gasteiger partial charge < -0.3 is 5.32 Å². The molecule has 0 aliphatic heterocycles. The minimum absolute atomic E-state index is 0.372. The molecule has 0 aliphatic rings. The van der Waals surface area contributed by atoms with Crippen molar-refractivity contribution in [3.05, 3.63) is 34.4 Å². The molecule has 0 bridgehead atoms. The lowest BCUT2D eigenvalue weighted by atomic mass is 10.0. The maximum absolute atomic E-state index is 4.73. The molecule has 116 valence electrons. The molecule has 1 atom stereocenters. The third-order valence-electron chi connectivity index (χ3n) is 4.24. The second kappa shape index (κ2) is 6.43. The first-order valence-corrected chi connectivity index (χ1v) is 7.74. The van der Waals surface area contributed by atoms with E-state index in [4.69, 9.17) is 5.10 Å². The molecule has 0 aliphatic carbocycles. The van der Waals surface area contributed by atoms with E-state index < -0.39 is 0 Å². The van der Waals surface area contributed by atoms with Crippen LogP contribution in [0.1, 0.15) is 54.6 Å². The van der Waals surface area contributed by atoms with Crippen LogP contribution in [0.25, 0.3) is 0 Å². The fourth-order valence-corrected chi connectivity index (χ4v) is 2.97. The van der Waals surface area contributed by atoms with E-state index >= 15 is 0 Å². The maximum atomic E-state index is 4.73. The molecule has 1 N–H and O–H groups in total. The molecule has 1 unspecified atom stereocenters. The molecule has 5 nitrogen and oxygen atoms in total. The number of aryl methyl sites for hydroxylation is 3. The quantitative estimate of drug-likeness (QED) is 0.889. The van der Waals surface area contributed by atoms with Crippen molar-refractivity contribution in [1.82, 2.24) is 24.9 Å². The Kier molecular flexibility index (Phi) is 4.83. The molecule has 2 aromatic rings. The lowest BCUT2D eigenvalue weighted by molar-refractivity contribution is 0.565. The standard InChI is InChI=1S/C16H27N5/c1-7-13-9-14(20(6)19-13)10-21-12(4)16(11(3)18-21)15(8-2)17-5/h9,15,17H,7-8,10H2,1-6H3. The summed E-state index contributed by atoms with van der Waals surface area (Å²) in [7, 11) is 4.02. The largest absolute Gasteiger partial charge is 0.313 e. The molecule has 0 aromatic carbocycles. The van der Waals surface area contributed by atoms with Crippen LogP contribution in [0.15, 0.2) is 6.07 Å². The summed E-state index contributed by atoms with van der Waals surface area (Å²) in [5, 5.41) is 12.6. The molecule has 0 fully saturated rings. The normalized spacial score (nSPS) is 12.9. The molecule has 21 heavy (non-hydrogen) atoms. The van der Waals surface area contributed by atoms with Crippen LogP contribution < -0.4 is 5.32 Å². The fourth-order valence-electron chi connectivity index (χ4n) is 2.97. The van der Waals surface area contributed by atoms with Gasteiger partial charge in [0.2, 0.25) is 0 Å². The van der Waals surface area contributed by atoms with Gasteiger partial charge in [0.05, 0.1) is 23.6 Å². The summed E-state index contributed by atoms with van der Waals surface area (Å²) in [5.74, 6) is 0. The van der Waals surface area contributed by atoms with Gasteiger partial charge >= 0.3 is 0 Å². The second-order valence-electron chi connectivity index (χ2n) is 5.60. The number of hydrogen-bond donors (Lipinski definition) is 1. The topological polar surface area (TPSA) is 47.7 Å². The van der Waals surface area contributed by atoms with Crippen LogP contribution in [-0.4, -0.2) is 26.6 Å². The minimum Gasteiger partial charge on any atom is -0.313 e. The first-order chi connectivity index (χ1) is 10.0. The first kappa shape index (κ1) is 15.8. The van der Waals surface area contributed by atoms with Crippen LogP contribution >= 0.6 is 0 Å². The Hall–Kier alpha value is -1.62. The van der Waals surface area contributed by atoms with Crippen LogP contribution in [-0.2, 0) is 20.0 Å². The van der Waals surface area contributed by atoms with Gasteiger partial charge in [-0.3, -0.25) is 9.36 Å².